The fourth-order valence-corrected chi connectivity index (χ4v) is 5.24. The molecule has 1 saturated heterocycles. The first-order chi connectivity index (χ1) is 13.3. The zero-order valence-corrected chi connectivity index (χ0v) is 17.7. The zero-order valence-electron chi connectivity index (χ0n) is 16.8. The number of hydrogen-bond donors (Lipinski definition) is 1. The number of sulfonamides is 1. The van der Waals surface area contributed by atoms with Gasteiger partial charge in [-0.1, -0.05) is 0 Å². The van der Waals surface area contributed by atoms with Crippen LogP contribution in [0.25, 0.3) is 0 Å². The molecule has 10 heteroatoms. The quantitative estimate of drug-likeness (QED) is 0.785. The summed E-state index contributed by atoms with van der Waals surface area (Å²) >= 11 is 0. The third-order valence-corrected chi connectivity index (χ3v) is 7.23. The summed E-state index contributed by atoms with van der Waals surface area (Å²) in [6.45, 7) is 9.40. The van der Waals surface area contributed by atoms with E-state index in [-0.39, 0.29) is 17.3 Å². The van der Waals surface area contributed by atoms with Crippen LogP contribution in [0.5, 0.6) is 0 Å². The van der Waals surface area contributed by atoms with Crippen LogP contribution in [0.4, 0.5) is 5.69 Å². The van der Waals surface area contributed by atoms with E-state index in [4.69, 9.17) is 0 Å². The minimum absolute atomic E-state index is 0.167. The molecule has 0 spiro atoms. The van der Waals surface area contributed by atoms with Gasteiger partial charge >= 0.3 is 0 Å². The van der Waals surface area contributed by atoms with Crippen molar-refractivity contribution < 1.29 is 13.2 Å². The first-order valence-electron chi connectivity index (χ1n) is 9.65. The number of carbonyl (C=O) groups is 1. The van der Waals surface area contributed by atoms with E-state index < -0.39 is 15.9 Å². The van der Waals surface area contributed by atoms with Crippen LogP contribution in [0.2, 0.25) is 0 Å². The van der Waals surface area contributed by atoms with Crippen LogP contribution in [-0.4, -0.2) is 51.3 Å². The Morgan fingerprint density at radius 1 is 1.29 bits per heavy atom. The van der Waals surface area contributed by atoms with E-state index in [0.29, 0.717) is 37.3 Å². The van der Waals surface area contributed by atoms with E-state index in [0.717, 1.165) is 12.2 Å². The van der Waals surface area contributed by atoms with Gasteiger partial charge in [-0.25, -0.2) is 8.42 Å². The van der Waals surface area contributed by atoms with Crippen molar-refractivity contribution in [1.82, 2.24) is 23.9 Å². The fourth-order valence-electron chi connectivity index (χ4n) is 3.55. The Morgan fingerprint density at radius 2 is 2.04 bits per heavy atom. The molecule has 28 heavy (non-hydrogen) atoms. The van der Waals surface area contributed by atoms with Crippen LogP contribution in [0.3, 0.4) is 0 Å². The van der Waals surface area contributed by atoms with Crippen LogP contribution >= 0.6 is 0 Å². The highest BCUT2D eigenvalue weighted by atomic mass is 32.2. The summed E-state index contributed by atoms with van der Waals surface area (Å²) in [6, 6.07) is 0. The van der Waals surface area contributed by atoms with Crippen molar-refractivity contribution in [2.75, 3.05) is 18.4 Å². The average Bonchev–Trinajstić information content (AvgIpc) is 3.24. The number of aryl methyl sites for hydroxylation is 3. The molecule has 1 atom stereocenters. The molecule has 1 aliphatic heterocycles. The van der Waals surface area contributed by atoms with Gasteiger partial charge in [-0.15, -0.1) is 0 Å². The van der Waals surface area contributed by atoms with Crippen LogP contribution < -0.4 is 5.32 Å². The van der Waals surface area contributed by atoms with Gasteiger partial charge in [0.2, 0.25) is 15.9 Å². The third-order valence-electron chi connectivity index (χ3n) is 5.26. The monoisotopic (exact) mass is 408 g/mol. The molecule has 3 heterocycles. The van der Waals surface area contributed by atoms with Crippen LogP contribution in [0, 0.1) is 19.8 Å². The lowest BCUT2D eigenvalue weighted by Crippen LogP contribution is -2.43. The van der Waals surface area contributed by atoms with Crippen molar-refractivity contribution in [3.05, 3.63) is 23.8 Å². The van der Waals surface area contributed by atoms with Gasteiger partial charge in [-0.2, -0.15) is 14.5 Å². The van der Waals surface area contributed by atoms with Crippen LogP contribution in [-0.2, 0) is 27.9 Å². The summed E-state index contributed by atoms with van der Waals surface area (Å²) in [6.07, 6.45) is 4.50. The van der Waals surface area contributed by atoms with E-state index in [9.17, 15) is 13.2 Å². The lowest BCUT2D eigenvalue weighted by molar-refractivity contribution is -0.120. The van der Waals surface area contributed by atoms with Gasteiger partial charge in [-0.3, -0.25) is 14.2 Å². The molecule has 1 fully saturated rings. The van der Waals surface area contributed by atoms with E-state index in [1.807, 2.05) is 20.8 Å². The molecule has 1 N–H and O–H groups in total. The van der Waals surface area contributed by atoms with Gasteiger partial charge < -0.3 is 5.32 Å². The second kappa shape index (κ2) is 8.04. The number of anilines is 1. The molecule has 2 aromatic heterocycles. The summed E-state index contributed by atoms with van der Waals surface area (Å²) in [5.41, 5.74) is 2.04. The highest BCUT2D eigenvalue weighted by Crippen LogP contribution is 2.26. The van der Waals surface area contributed by atoms with Crippen molar-refractivity contribution >= 4 is 21.6 Å². The first-order valence-corrected chi connectivity index (χ1v) is 11.1. The topological polar surface area (TPSA) is 102 Å². The highest BCUT2D eigenvalue weighted by Gasteiger charge is 2.35. The van der Waals surface area contributed by atoms with Crippen molar-refractivity contribution in [2.24, 2.45) is 5.92 Å². The summed E-state index contributed by atoms with van der Waals surface area (Å²) in [5.74, 6) is -0.561. The molecule has 0 radical (unpaired) electrons. The van der Waals surface area contributed by atoms with Crippen molar-refractivity contribution in [3.8, 4) is 0 Å². The lowest BCUT2D eigenvalue weighted by atomic mass is 9.99. The number of nitrogens with zero attached hydrogens (tertiary/aromatic N) is 5. The number of aromatic nitrogens is 4. The third kappa shape index (κ3) is 3.83. The molecular formula is C18H28N6O3S. The maximum absolute atomic E-state index is 13.1. The number of hydrogen-bond acceptors (Lipinski definition) is 5. The Hall–Kier alpha value is -2.20. The van der Waals surface area contributed by atoms with Gasteiger partial charge in [0.25, 0.3) is 0 Å². The summed E-state index contributed by atoms with van der Waals surface area (Å²) in [5, 5.41) is 11.4. The van der Waals surface area contributed by atoms with Crippen LogP contribution in [0.1, 0.15) is 38.1 Å². The SMILES string of the molecule is CCn1cc(S(=O)(=O)N2CCCC(C(=O)Nc3cnn(CC)c3C)C2)c(C)n1. The number of amides is 1. The molecular weight excluding hydrogens is 380 g/mol. The van der Waals surface area contributed by atoms with Gasteiger partial charge in [0.05, 0.1) is 29.2 Å². The Bertz CT molecular complexity index is 962. The standard InChI is InChI=1S/C18H28N6O3S/c1-5-22-12-17(13(3)21-22)28(26,27)23-9-7-8-15(11-23)18(25)20-16-10-19-24(6-2)14(16)4/h10,12,15H,5-9,11H2,1-4H3,(H,20,25). The van der Waals surface area contributed by atoms with Gasteiger partial charge in [-0.05, 0) is 40.5 Å². The molecule has 0 aliphatic carbocycles. The summed E-state index contributed by atoms with van der Waals surface area (Å²) in [4.78, 5) is 13.0. The normalized spacial score (nSPS) is 18.4. The Kier molecular flexibility index (Phi) is 5.90. The highest BCUT2D eigenvalue weighted by molar-refractivity contribution is 7.89. The molecule has 0 saturated carbocycles. The molecule has 3 rings (SSSR count). The maximum Gasteiger partial charge on any atom is 0.246 e. The van der Waals surface area contributed by atoms with E-state index in [1.54, 1.807) is 28.7 Å². The predicted octanol–water partition coefficient (Wildman–Crippen LogP) is 1.78. The van der Waals surface area contributed by atoms with Crippen molar-refractivity contribution in [2.45, 2.75) is 58.5 Å². The molecule has 2 aromatic rings. The van der Waals surface area contributed by atoms with Crippen LogP contribution in [0.15, 0.2) is 17.3 Å². The molecule has 0 aromatic carbocycles. The lowest BCUT2D eigenvalue weighted by Gasteiger charge is -2.31. The van der Waals surface area contributed by atoms with E-state index >= 15 is 0 Å². The van der Waals surface area contributed by atoms with Gasteiger partial charge in [0.15, 0.2) is 0 Å². The number of carbonyl (C=O) groups excluding carboxylic acids is 1. The van der Waals surface area contributed by atoms with Crippen molar-refractivity contribution in [3.63, 3.8) is 0 Å². The van der Waals surface area contributed by atoms with Gasteiger partial charge in [0, 0.05) is 32.4 Å². The maximum atomic E-state index is 13.1. The fraction of sp³-hybridized carbons (Fsp3) is 0.611. The molecule has 0 bridgehead atoms. The second-order valence-electron chi connectivity index (χ2n) is 7.09. The van der Waals surface area contributed by atoms with E-state index in [2.05, 4.69) is 15.5 Å². The molecule has 1 amide bonds. The first kappa shape index (κ1) is 20.5. The number of rotatable bonds is 6. The minimum atomic E-state index is -3.68. The molecule has 9 nitrogen and oxygen atoms in total. The Labute approximate surface area is 165 Å². The number of nitrogens with one attached hydrogen (secondary N) is 1. The predicted molar refractivity (Wildman–Crippen MR) is 105 cm³/mol. The smallest absolute Gasteiger partial charge is 0.246 e. The Balaban J connectivity index is 1.74. The summed E-state index contributed by atoms with van der Waals surface area (Å²) in [7, 11) is -3.68. The Morgan fingerprint density at radius 3 is 2.64 bits per heavy atom. The number of piperidine rings is 1. The molecule has 154 valence electrons. The van der Waals surface area contributed by atoms with Crippen molar-refractivity contribution in [1.29, 1.82) is 0 Å². The average molecular weight is 409 g/mol. The molecule has 1 aliphatic rings. The summed E-state index contributed by atoms with van der Waals surface area (Å²) < 4.78 is 31.0. The minimum Gasteiger partial charge on any atom is -0.323 e. The molecule has 1 unspecified atom stereocenters. The van der Waals surface area contributed by atoms with Gasteiger partial charge in [0.1, 0.15) is 4.90 Å². The zero-order chi connectivity index (χ0) is 20.5. The largest absolute Gasteiger partial charge is 0.323 e. The van der Waals surface area contributed by atoms with E-state index in [1.165, 1.54) is 4.31 Å². The second-order valence-corrected chi connectivity index (χ2v) is 8.99.